The van der Waals surface area contributed by atoms with Gasteiger partial charge >= 0.3 is 0 Å². The summed E-state index contributed by atoms with van der Waals surface area (Å²) in [5.74, 6) is 0.0857. The van der Waals surface area contributed by atoms with Crippen LogP contribution in [-0.2, 0) is 16.0 Å². The van der Waals surface area contributed by atoms with Crippen molar-refractivity contribution in [3.63, 3.8) is 0 Å². The van der Waals surface area contributed by atoms with Crippen molar-refractivity contribution in [3.8, 4) is 0 Å². The molecule has 3 rings (SSSR count). The van der Waals surface area contributed by atoms with Crippen molar-refractivity contribution in [3.05, 3.63) is 35.4 Å². The maximum Gasteiger partial charge on any atom is 0.162 e. The van der Waals surface area contributed by atoms with E-state index in [1.807, 2.05) is 23.1 Å². The molecule has 1 heterocycles. The van der Waals surface area contributed by atoms with Gasteiger partial charge in [0, 0.05) is 18.5 Å². The summed E-state index contributed by atoms with van der Waals surface area (Å²) < 4.78 is 0. The van der Waals surface area contributed by atoms with Crippen molar-refractivity contribution >= 4 is 28.8 Å². The predicted molar refractivity (Wildman–Crippen MR) is 76.2 cm³/mol. The second-order valence-corrected chi connectivity index (χ2v) is 5.53. The van der Waals surface area contributed by atoms with Crippen LogP contribution >= 0.6 is 12.2 Å². The Morgan fingerprint density at radius 1 is 1.16 bits per heavy atom. The quantitative estimate of drug-likeness (QED) is 0.578. The normalized spacial score (nSPS) is 23.5. The summed E-state index contributed by atoms with van der Waals surface area (Å²) in [4.78, 5) is 26.1. The number of rotatable bonds is 1. The number of Topliss-reactive ketones (excluding diaryl/α,β-unsaturated/α-hetero) is 2. The molecule has 0 bridgehead atoms. The van der Waals surface area contributed by atoms with Crippen molar-refractivity contribution in [1.29, 1.82) is 0 Å². The van der Waals surface area contributed by atoms with Crippen LogP contribution in [0, 0.1) is 0 Å². The number of thiocarbonyl (C=S) groups is 1. The van der Waals surface area contributed by atoms with E-state index in [4.69, 9.17) is 12.2 Å². The van der Waals surface area contributed by atoms with Crippen molar-refractivity contribution in [2.24, 2.45) is 0 Å². The van der Waals surface area contributed by atoms with E-state index in [0.717, 1.165) is 23.5 Å². The Kier molecular flexibility index (Phi) is 3.19. The molecule has 1 fully saturated rings. The summed E-state index contributed by atoms with van der Waals surface area (Å²) in [6.45, 7) is 0.778. The Hall–Kier alpha value is -1.55. The number of nitrogens with zero attached hydrogens (tertiary/aromatic N) is 1. The van der Waals surface area contributed by atoms with E-state index in [2.05, 4.69) is 6.07 Å². The third kappa shape index (κ3) is 2.21. The Bertz CT molecular complexity index is 567. The maximum atomic E-state index is 12.0. The first-order valence-electron chi connectivity index (χ1n) is 6.60. The molecule has 1 atom stereocenters. The molecule has 1 saturated carbocycles. The maximum absolute atomic E-state index is 12.0. The molecular formula is C15H15NO2S. The standard InChI is InChI=1S/C15H15NO2S/c17-11-5-6-13(14(18)9-11)16-8-7-10-3-1-2-4-12(10)15(16)19/h1-4,13H,5-9H2/t13-/m0/s1. The zero-order chi connectivity index (χ0) is 13.4. The molecule has 0 saturated heterocycles. The Morgan fingerprint density at radius 3 is 2.74 bits per heavy atom. The summed E-state index contributed by atoms with van der Waals surface area (Å²) in [5, 5.41) is 0. The molecule has 1 aliphatic heterocycles. The summed E-state index contributed by atoms with van der Waals surface area (Å²) >= 11 is 5.53. The van der Waals surface area contributed by atoms with Gasteiger partial charge in [-0.1, -0.05) is 36.5 Å². The van der Waals surface area contributed by atoms with Crippen molar-refractivity contribution in [1.82, 2.24) is 4.90 Å². The van der Waals surface area contributed by atoms with Gasteiger partial charge in [-0.15, -0.1) is 0 Å². The van der Waals surface area contributed by atoms with Crippen LogP contribution in [0.2, 0.25) is 0 Å². The molecule has 4 heteroatoms. The lowest BCUT2D eigenvalue weighted by atomic mass is 9.89. The number of hydrogen-bond donors (Lipinski definition) is 0. The van der Waals surface area contributed by atoms with Crippen LogP contribution in [0.1, 0.15) is 30.4 Å². The molecular weight excluding hydrogens is 258 g/mol. The number of benzene rings is 1. The average Bonchev–Trinajstić information content (AvgIpc) is 2.41. The summed E-state index contributed by atoms with van der Waals surface area (Å²) in [6.07, 6.45) is 2.09. The second-order valence-electron chi connectivity index (χ2n) is 5.14. The van der Waals surface area contributed by atoms with E-state index in [-0.39, 0.29) is 24.0 Å². The van der Waals surface area contributed by atoms with E-state index in [1.165, 1.54) is 5.56 Å². The lowest BCUT2D eigenvalue weighted by molar-refractivity contribution is -0.132. The van der Waals surface area contributed by atoms with Crippen LogP contribution in [0.3, 0.4) is 0 Å². The fraction of sp³-hybridized carbons (Fsp3) is 0.400. The third-order valence-corrected chi connectivity index (χ3v) is 4.40. The van der Waals surface area contributed by atoms with Crippen LogP contribution in [0.15, 0.2) is 24.3 Å². The summed E-state index contributed by atoms with van der Waals surface area (Å²) in [6, 6.07) is 7.90. The third-order valence-electron chi connectivity index (χ3n) is 3.95. The zero-order valence-electron chi connectivity index (χ0n) is 10.6. The highest BCUT2D eigenvalue weighted by atomic mass is 32.1. The minimum absolute atomic E-state index is 0.0259. The van der Waals surface area contributed by atoms with Crippen LogP contribution in [-0.4, -0.2) is 34.0 Å². The van der Waals surface area contributed by atoms with Gasteiger partial charge < -0.3 is 4.90 Å². The molecule has 2 aliphatic rings. The summed E-state index contributed by atoms with van der Waals surface area (Å²) in [7, 11) is 0. The zero-order valence-corrected chi connectivity index (χ0v) is 11.4. The average molecular weight is 273 g/mol. The molecule has 3 nitrogen and oxygen atoms in total. The minimum Gasteiger partial charge on any atom is -0.352 e. The molecule has 1 aromatic rings. The van der Waals surface area contributed by atoms with Crippen LogP contribution in [0.4, 0.5) is 0 Å². The van der Waals surface area contributed by atoms with E-state index in [1.54, 1.807) is 0 Å². The number of carbonyl (C=O) groups excluding carboxylic acids is 2. The number of hydrogen-bond acceptors (Lipinski definition) is 3. The molecule has 0 aromatic heterocycles. The SMILES string of the molecule is O=C1CC[C@H](N2CCc3ccccc3C2=S)C(=O)C1. The monoisotopic (exact) mass is 273 g/mol. The molecule has 0 radical (unpaired) electrons. The fourth-order valence-corrected chi connectivity index (χ4v) is 3.35. The van der Waals surface area contributed by atoms with Gasteiger partial charge in [-0.3, -0.25) is 9.59 Å². The highest BCUT2D eigenvalue weighted by molar-refractivity contribution is 7.80. The van der Waals surface area contributed by atoms with Crippen LogP contribution in [0.25, 0.3) is 0 Å². The first kappa shape index (κ1) is 12.5. The van der Waals surface area contributed by atoms with Crippen LogP contribution in [0.5, 0.6) is 0 Å². The van der Waals surface area contributed by atoms with Crippen molar-refractivity contribution in [2.75, 3.05) is 6.54 Å². The Labute approximate surface area is 117 Å². The van der Waals surface area contributed by atoms with Gasteiger partial charge in [0.2, 0.25) is 0 Å². The van der Waals surface area contributed by atoms with Gasteiger partial charge in [-0.2, -0.15) is 0 Å². The van der Waals surface area contributed by atoms with Gasteiger partial charge in [0.1, 0.15) is 10.8 Å². The molecule has 1 aromatic carbocycles. The molecule has 0 spiro atoms. The second kappa shape index (κ2) is 4.85. The number of carbonyl (C=O) groups is 2. The van der Waals surface area contributed by atoms with E-state index < -0.39 is 0 Å². The largest absolute Gasteiger partial charge is 0.352 e. The molecule has 19 heavy (non-hydrogen) atoms. The Balaban J connectivity index is 1.86. The van der Waals surface area contributed by atoms with Gasteiger partial charge in [-0.05, 0) is 18.4 Å². The predicted octanol–water partition coefficient (Wildman–Crippen LogP) is 1.91. The van der Waals surface area contributed by atoms with Gasteiger partial charge in [0.15, 0.2) is 5.78 Å². The van der Waals surface area contributed by atoms with Crippen molar-refractivity contribution in [2.45, 2.75) is 31.7 Å². The molecule has 98 valence electrons. The first-order valence-corrected chi connectivity index (χ1v) is 7.01. The Morgan fingerprint density at radius 2 is 1.95 bits per heavy atom. The van der Waals surface area contributed by atoms with Crippen LogP contribution < -0.4 is 0 Å². The smallest absolute Gasteiger partial charge is 0.162 e. The minimum atomic E-state index is -0.196. The molecule has 0 N–H and O–H groups in total. The fourth-order valence-electron chi connectivity index (χ4n) is 2.93. The van der Waals surface area contributed by atoms with Gasteiger partial charge in [-0.25, -0.2) is 0 Å². The highest BCUT2D eigenvalue weighted by Crippen LogP contribution is 2.25. The summed E-state index contributed by atoms with van der Waals surface area (Å²) in [5.41, 5.74) is 2.32. The number of fused-ring (bicyclic) bond motifs is 1. The first-order chi connectivity index (χ1) is 9.16. The molecule has 0 unspecified atom stereocenters. The lowest BCUT2D eigenvalue weighted by Gasteiger charge is -2.38. The molecule has 0 amide bonds. The van der Waals surface area contributed by atoms with Crippen molar-refractivity contribution < 1.29 is 9.59 Å². The highest BCUT2D eigenvalue weighted by Gasteiger charge is 2.35. The number of ketones is 2. The topological polar surface area (TPSA) is 37.4 Å². The lowest BCUT2D eigenvalue weighted by Crippen LogP contribution is -2.50. The van der Waals surface area contributed by atoms with E-state index in [9.17, 15) is 9.59 Å². The van der Waals surface area contributed by atoms with E-state index >= 15 is 0 Å². The molecule has 1 aliphatic carbocycles. The van der Waals surface area contributed by atoms with E-state index in [0.29, 0.717) is 12.8 Å². The van der Waals surface area contributed by atoms with Gasteiger partial charge in [0.25, 0.3) is 0 Å². The van der Waals surface area contributed by atoms with Gasteiger partial charge in [0.05, 0.1) is 12.5 Å².